The molecule has 0 aromatic rings. The fourth-order valence-electron chi connectivity index (χ4n) is 1.48. The number of carbonyl (C=O) groups excluding carboxylic acids is 1. The molecule has 0 aliphatic carbocycles. The van der Waals surface area contributed by atoms with Crippen LogP contribution in [0.15, 0.2) is 0 Å². The van der Waals surface area contributed by atoms with Crippen molar-refractivity contribution in [3.8, 4) is 0 Å². The number of ether oxygens (including phenoxy) is 1. The molecule has 0 saturated carbocycles. The predicted octanol–water partition coefficient (Wildman–Crippen LogP) is 2.50. The lowest BCUT2D eigenvalue weighted by Crippen LogP contribution is -2.47. The first kappa shape index (κ1) is 14.4. The van der Waals surface area contributed by atoms with Gasteiger partial charge in [-0.15, -0.1) is 0 Å². The van der Waals surface area contributed by atoms with Crippen LogP contribution in [0.1, 0.15) is 53.4 Å². The van der Waals surface area contributed by atoms with Crippen molar-refractivity contribution in [3.05, 3.63) is 0 Å². The van der Waals surface area contributed by atoms with Crippen molar-refractivity contribution >= 4 is 5.91 Å². The fraction of sp³-hybridized carbons (Fsp3) is 0.917. The normalized spacial score (nSPS) is 14.7. The topological polar surface area (TPSA) is 38.3 Å². The third-order valence-corrected chi connectivity index (χ3v) is 2.37. The number of rotatable bonds is 8. The highest BCUT2D eigenvalue weighted by molar-refractivity contribution is 5.84. The van der Waals surface area contributed by atoms with E-state index in [-0.39, 0.29) is 5.91 Å². The van der Waals surface area contributed by atoms with Gasteiger partial charge in [-0.2, -0.15) is 0 Å². The van der Waals surface area contributed by atoms with Gasteiger partial charge < -0.3 is 10.1 Å². The molecule has 0 heterocycles. The SMILES string of the molecule is CCCNC(=O)C(C)(CCC)OCCC. The van der Waals surface area contributed by atoms with E-state index in [1.54, 1.807) is 0 Å². The average molecular weight is 215 g/mol. The van der Waals surface area contributed by atoms with Crippen molar-refractivity contribution < 1.29 is 9.53 Å². The van der Waals surface area contributed by atoms with Crippen molar-refractivity contribution in [1.29, 1.82) is 0 Å². The zero-order valence-electron chi connectivity index (χ0n) is 10.6. The summed E-state index contributed by atoms with van der Waals surface area (Å²) in [6.45, 7) is 9.43. The molecule has 3 nitrogen and oxygen atoms in total. The molecule has 90 valence electrons. The molecular formula is C12H25NO2. The van der Waals surface area contributed by atoms with Gasteiger partial charge in [0, 0.05) is 13.2 Å². The Morgan fingerprint density at radius 2 is 1.87 bits per heavy atom. The van der Waals surface area contributed by atoms with E-state index in [2.05, 4.69) is 19.2 Å². The summed E-state index contributed by atoms with van der Waals surface area (Å²) in [5.41, 5.74) is -0.639. The Bertz CT molecular complexity index is 182. The molecule has 0 aromatic heterocycles. The second-order valence-electron chi connectivity index (χ2n) is 4.09. The van der Waals surface area contributed by atoms with Crippen molar-refractivity contribution in [3.63, 3.8) is 0 Å². The first-order chi connectivity index (χ1) is 7.10. The third kappa shape index (κ3) is 5.17. The Morgan fingerprint density at radius 1 is 1.20 bits per heavy atom. The molecule has 0 saturated heterocycles. The van der Waals surface area contributed by atoms with Gasteiger partial charge in [-0.3, -0.25) is 4.79 Å². The molecule has 0 spiro atoms. The van der Waals surface area contributed by atoms with Gasteiger partial charge in [0.15, 0.2) is 0 Å². The van der Waals surface area contributed by atoms with Crippen LogP contribution in [0.25, 0.3) is 0 Å². The lowest BCUT2D eigenvalue weighted by Gasteiger charge is -2.28. The first-order valence-corrected chi connectivity index (χ1v) is 6.03. The molecule has 0 radical (unpaired) electrons. The molecule has 1 N–H and O–H groups in total. The van der Waals surface area contributed by atoms with E-state index in [1.807, 2.05) is 13.8 Å². The molecule has 0 aliphatic heterocycles. The molecule has 0 rings (SSSR count). The highest BCUT2D eigenvalue weighted by atomic mass is 16.5. The summed E-state index contributed by atoms with van der Waals surface area (Å²) in [6, 6.07) is 0. The Hall–Kier alpha value is -0.570. The summed E-state index contributed by atoms with van der Waals surface area (Å²) in [6.07, 6.45) is 3.64. The van der Waals surface area contributed by atoms with Gasteiger partial charge in [0.25, 0.3) is 5.91 Å². The minimum absolute atomic E-state index is 0.0275. The van der Waals surface area contributed by atoms with Crippen LogP contribution >= 0.6 is 0 Å². The van der Waals surface area contributed by atoms with Crippen LogP contribution in [-0.4, -0.2) is 24.7 Å². The zero-order chi connectivity index (χ0) is 11.7. The van der Waals surface area contributed by atoms with E-state index in [9.17, 15) is 4.79 Å². The number of hydrogen-bond donors (Lipinski definition) is 1. The van der Waals surface area contributed by atoms with Crippen molar-refractivity contribution in [2.24, 2.45) is 0 Å². The molecule has 0 bridgehead atoms. The van der Waals surface area contributed by atoms with Crippen molar-refractivity contribution in [2.45, 2.75) is 59.0 Å². The average Bonchev–Trinajstić information content (AvgIpc) is 2.23. The number of nitrogens with one attached hydrogen (secondary N) is 1. The van der Waals surface area contributed by atoms with Crippen LogP contribution < -0.4 is 5.32 Å². The lowest BCUT2D eigenvalue weighted by molar-refractivity contribution is -0.146. The van der Waals surface area contributed by atoms with E-state index in [0.717, 1.165) is 32.2 Å². The number of hydrogen-bond acceptors (Lipinski definition) is 2. The molecule has 3 heteroatoms. The quantitative estimate of drug-likeness (QED) is 0.675. The van der Waals surface area contributed by atoms with E-state index in [4.69, 9.17) is 4.74 Å². The first-order valence-electron chi connectivity index (χ1n) is 6.03. The summed E-state index contributed by atoms with van der Waals surface area (Å²) in [4.78, 5) is 11.9. The van der Waals surface area contributed by atoms with Gasteiger partial charge in [0.2, 0.25) is 0 Å². The van der Waals surface area contributed by atoms with Crippen molar-refractivity contribution in [1.82, 2.24) is 5.32 Å². The van der Waals surface area contributed by atoms with Crippen LogP contribution in [0.4, 0.5) is 0 Å². The van der Waals surface area contributed by atoms with Gasteiger partial charge in [-0.25, -0.2) is 0 Å². The monoisotopic (exact) mass is 215 g/mol. The van der Waals surface area contributed by atoms with E-state index in [0.29, 0.717) is 6.61 Å². The maximum atomic E-state index is 11.9. The van der Waals surface area contributed by atoms with Crippen LogP contribution in [0.5, 0.6) is 0 Å². The zero-order valence-corrected chi connectivity index (χ0v) is 10.6. The van der Waals surface area contributed by atoms with Crippen LogP contribution in [-0.2, 0) is 9.53 Å². The van der Waals surface area contributed by atoms with Gasteiger partial charge in [-0.1, -0.05) is 27.2 Å². The Kier molecular flexibility index (Phi) is 7.39. The molecule has 15 heavy (non-hydrogen) atoms. The maximum absolute atomic E-state index is 11.9. The van der Waals surface area contributed by atoms with Gasteiger partial charge in [0.1, 0.15) is 5.60 Å². The highest BCUT2D eigenvalue weighted by Gasteiger charge is 2.32. The largest absolute Gasteiger partial charge is 0.365 e. The lowest BCUT2D eigenvalue weighted by atomic mass is 9.99. The second kappa shape index (κ2) is 7.69. The molecule has 0 aromatic carbocycles. The maximum Gasteiger partial charge on any atom is 0.251 e. The van der Waals surface area contributed by atoms with Crippen LogP contribution in [0, 0.1) is 0 Å². The van der Waals surface area contributed by atoms with Crippen LogP contribution in [0.3, 0.4) is 0 Å². The summed E-state index contributed by atoms with van der Waals surface area (Å²) in [5, 5.41) is 2.90. The minimum Gasteiger partial charge on any atom is -0.365 e. The summed E-state index contributed by atoms with van der Waals surface area (Å²) in [5.74, 6) is 0.0275. The van der Waals surface area contributed by atoms with Gasteiger partial charge in [0.05, 0.1) is 0 Å². The van der Waals surface area contributed by atoms with E-state index < -0.39 is 5.60 Å². The molecule has 0 aliphatic rings. The molecule has 1 amide bonds. The Balaban J connectivity index is 4.25. The third-order valence-electron chi connectivity index (χ3n) is 2.37. The fourth-order valence-corrected chi connectivity index (χ4v) is 1.48. The summed E-state index contributed by atoms with van der Waals surface area (Å²) < 4.78 is 5.67. The minimum atomic E-state index is -0.639. The smallest absolute Gasteiger partial charge is 0.251 e. The van der Waals surface area contributed by atoms with Gasteiger partial charge in [-0.05, 0) is 26.2 Å². The molecule has 1 atom stereocenters. The Labute approximate surface area is 93.6 Å². The number of carbonyl (C=O) groups is 1. The van der Waals surface area contributed by atoms with E-state index >= 15 is 0 Å². The predicted molar refractivity (Wildman–Crippen MR) is 62.9 cm³/mol. The summed E-state index contributed by atoms with van der Waals surface area (Å²) >= 11 is 0. The Morgan fingerprint density at radius 3 is 2.33 bits per heavy atom. The van der Waals surface area contributed by atoms with Crippen LogP contribution in [0.2, 0.25) is 0 Å². The highest BCUT2D eigenvalue weighted by Crippen LogP contribution is 2.18. The van der Waals surface area contributed by atoms with Crippen molar-refractivity contribution in [2.75, 3.05) is 13.2 Å². The number of amides is 1. The summed E-state index contributed by atoms with van der Waals surface area (Å²) in [7, 11) is 0. The second-order valence-corrected chi connectivity index (χ2v) is 4.09. The van der Waals surface area contributed by atoms with Gasteiger partial charge >= 0.3 is 0 Å². The molecule has 0 fully saturated rings. The van der Waals surface area contributed by atoms with E-state index in [1.165, 1.54) is 0 Å². The standard InChI is InChI=1S/C12H25NO2/c1-5-8-12(4,15-10-7-3)11(14)13-9-6-2/h5-10H2,1-4H3,(H,13,14). The molecule has 1 unspecified atom stereocenters. The molecular weight excluding hydrogens is 190 g/mol.